The van der Waals surface area contributed by atoms with Crippen LogP contribution >= 0.6 is 0 Å². The third-order valence-electron chi connectivity index (χ3n) is 6.65. The average Bonchev–Trinajstić information content (AvgIpc) is 3.24. The predicted molar refractivity (Wildman–Crippen MR) is 145 cm³/mol. The Kier molecular flexibility index (Phi) is 7.35. The van der Waals surface area contributed by atoms with Gasteiger partial charge in [-0.05, 0) is 73.1 Å². The van der Waals surface area contributed by atoms with Crippen molar-refractivity contribution in [2.24, 2.45) is 7.05 Å². The zero-order valence-corrected chi connectivity index (χ0v) is 20.8. The third kappa shape index (κ3) is 4.85. The van der Waals surface area contributed by atoms with Crippen LogP contribution in [0.15, 0.2) is 78.4 Å². The third-order valence-corrected chi connectivity index (χ3v) is 6.65. The van der Waals surface area contributed by atoms with E-state index in [0.717, 1.165) is 49.6 Å². The standard InChI is InChI=1S/C30H34N4/c1-5-7-9-26(22-31)28(8-6-2)30-15-14-29(33(30)4)25-11-10-24-21-27(13-12-23(24)20-25)34-18-16-32(3)17-19-34/h6-15,20-21H,5,16-19H2,1-4H3/b8-6-,9-7?,28-26-. The van der Waals surface area contributed by atoms with E-state index >= 15 is 0 Å². The van der Waals surface area contributed by atoms with Crippen molar-refractivity contribution < 1.29 is 0 Å². The summed E-state index contributed by atoms with van der Waals surface area (Å²) < 4.78 is 2.19. The fourth-order valence-electron chi connectivity index (χ4n) is 4.63. The number of rotatable bonds is 6. The Balaban J connectivity index is 1.68. The van der Waals surface area contributed by atoms with Gasteiger partial charge in [0.25, 0.3) is 0 Å². The van der Waals surface area contributed by atoms with Crippen LogP contribution in [0.25, 0.3) is 27.6 Å². The van der Waals surface area contributed by atoms with Gasteiger partial charge in [-0.3, -0.25) is 0 Å². The van der Waals surface area contributed by atoms with Crippen molar-refractivity contribution in [3.05, 3.63) is 84.1 Å². The quantitative estimate of drug-likeness (QED) is 0.321. The fraction of sp³-hybridized carbons (Fsp3) is 0.300. The molecule has 2 heterocycles. The summed E-state index contributed by atoms with van der Waals surface area (Å²) in [7, 11) is 4.27. The highest BCUT2D eigenvalue weighted by atomic mass is 15.2. The summed E-state index contributed by atoms with van der Waals surface area (Å²) >= 11 is 0. The van der Waals surface area contributed by atoms with E-state index in [9.17, 15) is 5.26 Å². The molecular weight excluding hydrogens is 416 g/mol. The molecule has 0 saturated carbocycles. The van der Waals surface area contributed by atoms with Gasteiger partial charge >= 0.3 is 0 Å². The number of fused-ring (bicyclic) bond motifs is 1. The van der Waals surface area contributed by atoms with Crippen LogP contribution in [-0.4, -0.2) is 42.7 Å². The largest absolute Gasteiger partial charge is 0.369 e. The molecule has 0 aliphatic carbocycles. The van der Waals surface area contributed by atoms with Crippen LogP contribution in [0.2, 0.25) is 0 Å². The molecule has 0 bridgehead atoms. The van der Waals surface area contributed by atoms with Crippen LogP contribution in [-0.2, 0) is 7.05 Å². The molecule has 2 aromatic carbocycles. The van der Waals surface area contributed by atoms with E-state index in [0.29, 0.717) is 5.57 Å². The highest BCUT2D eigenvalue weighted by Gasteiger charge is 2.15. The van der Waals surface area contributed by atoms with E-state index in [1.807, 2.05) is 31.2 Å². The molecule has 4 rings (SSSR count). The molecule has 0 atom stereocenters. The molecular formula is C30H34N4. The van der Waals surface area contributed by atoms with Gasteiger partial charge in [-0.2, -0.15) is 5.26 Å². The highest BCUT2D eigenvalue weighted by molar-refractivity contribution is 5.90. The maximum Gasteiger partial charge on any atom is 0.0998 e. The van der Waals surface area contributed by atoms with Crippen LogP contribution in [0.3, 0.4) is 0 Å². The van der Waals surface area contributed by atoms with Gasteiger partial charge in [0, 0.05) is 55.9 Å². The Morgan fingerprint density at radius 3 is 2.38 bits per heavy atom. The molecule has 0 amide bonds. The number of piperazine rings is 1. The number of benzene rings is 2. The number of nitrogens with zero attached hydrogens (tertiary/aromatic N) is 4. The van der Waals surface area contributed by atoms with Crippen molar-refractivity contribution >= 4 is 22.0 Å². The Morgan fingerprint density at radius 2 is 1.68 bits per heavy atom. The number of aromatic nitrogens is 1. The minimum atomic E-state index is 0.683. The van der Waals surface area contributed by atoms with Crippen molar-refractivity contribution in [3.8, 4) is 17.3 Å². The Hall–Kier alpha value is -3.55. The van der Waals surface area contributed by atoms with Gasteiger partial charge in [0.15, 0.2) is 0 Å². The van der Waals surface area contributed by atoms with Gasteiger partial charge in [0.2, 0.25) is 0 Å². The second-order valence-corrected chi connectivity index (χ2v) is 8.95. The summed E-state index contributed by atoms with van der Waals surface area (Å²) in [5, 5.41) is 12.3. The first-order chi connectivity index (χ1) is 16.5. The molecule has 1 aromatic heterocycles. The molecule has 0 radical (unpaired) electrons. The molecule has 1 saturated heterocycles. The van der Waals surface area contributed by atoms with Gasteiger partial charge in [-0.15, -0.1) is 0 Å². The smallest absolute Gasteiger partial charge is 0.0998 e. The number of nitriles is 1. The lowest BCUT2D eigenvalue weighted by Crippen LogP contribution is -2.44. The van der Waals surface area contributed by atoms with Gasteiger partial charge in [-0.1, -0.05) is 43.4 Å². The molecule has 0 unspecified atom stereocenters. The lowest BCUT2D eigenvalue weighted by molar-refractivity contribution is 0.313. The SMILES string of the molecule is C/C=C\C(=C(\C#N)C=CCC)c1ccc(-c2ccc3cc(N4CCN(C)CC4)ccc3c2)n1C. The van der Waals surface area contributed by atoms with Crippen LogP contribution in [0.1, 0.15) is 26.0 Å². The number of likely N-dealkylation sites (N-methyl/N-ethyl adjacent to an activating group) is 1. The summed E-state index contributed by atoms with van der Waals surface area (Å²) in [5.41, 5.74) is 6.29. The van der Waals surface area contributed by atoms with Crippen LogP contribution < -0.4 is 4.90 Å². The number of allylic oxidation sites excluding steroid dienone is 6. The van der Waals surface area contributed by atoms with E-state index in [-0.39, 0.29) is 0 Å². The highest BCUT2D eigenvalue weighted by Crippen LogP contribution is 2.31. The van der Waals surface area contributed by atoms with E-state index in [4.69, 9.17) is 0 Å². The second-order valence-electron chi connectivity index (χ2n) is 8.95. The van der Waals surface area contributed by atoms with E-state index in [1.165, 1.54) is 22.0 Å². The maximum absolute atomic E-state index is 9.77. The summed E-state index contributed by atoms with van der Waals surface area (Å²) in [5.74, 6) is 0. The number of hydrogen-bond donors (Lipinski definition) is 0. The molecule has 4 nitrogen and oxygen atoms in total. The van der Waals surface area contributed by atoms with Crippen molar-refractivity contribution in [3.63, 3.8) is 0 Å². The van der Waals surface area contributed by atoms with Gasteiger partial charge in [-0.25, -0.2) is 0 Å². The molecule has 4 heteroatoms. The minimum absolute atomic E-state index is 0.683. The molecule has 174 valence electrons. The molecule has 1 aliphatic heterocycles. The van der Waals surface area contributed by atoms with E-state index in [2.05, 4.69) is 90.0 Å². The minimum Gasteiger partial charge on any atom is -0.369 e. The van der Waals surface area contributed by atoms with Crippen molar-refractivity contribution in [2.45, 2.75) is 20.3 Å². The second kappa shape index (κ2) is 10.6. The molecule has 3 aromatic rings. The van der Waals surface area contributed by atoms with Crippen LogP contribution in [0.5, 0.6) is 0 Å². The van der Waals surface area contributed by atoms with Crippen molar-refractivity contribution in [2.75, 3.05) is 38.1 Å². The summed E-state index contributed by atoms with van der Waals surface area (Å²) in [6, 6.07) is 20.1. The van der Waals surface area contributed by atoms with Gasteiger partial charge < -0.3 is 14.4 Å². The van der Waals surface area contributed by atoms with Crippen LogP contribution in [0.4, 0.5) is 5.69 Å². The lowest BCUT2D eigenvalue weighted by atomic mass is 10.0. The lowest BCUT2D eigenvalue weighted by Gasteiger charge is -2.34. The molecule has 1 fully saturated rings. The number of anilines is 1. The molecule has 34 heavy (non-hydrogen) atoms. The Morgan fingerprint density at radius 1 is 0.941 bits per heavy atom. The zero-order chi connectivity index (χ0) is 24.1. The zero-order valence-electron chi connectivity index (χ0n) is 20.8. The van der Waals surface area contributed by atoms with E-state index < -0.39 is 0 Å². The summed E-state index contributed by atoms with van der Waals surface area (Å²) in [4.78, 5) is 4.86. The van der Waals surface area contributed by atoms with Crippen molar-refractivity contribution in [1.82, 2.24) is 9.47 Å². The predicted octanol–water partition coefficient (Wildman–Crippen LogP) is 6.42. The van der Waals surface area contributed by atoms with E-state index in [1.54, 1.807) is 0 Å². The normalized spacial score (nSPS) is 15.9. The van der Waals surface area contributed by atoms with Gasteiger partial charge in [0.05, 0.1) is 11.6 Å². The first-order valence-corrected chi connectivity index (χ1v) is 12.1. The first kappa shape index (κ1) is 23.6. The number of hydrogen-bond acceptors (Lipinski definition) is 3. The molecule has 0 spiro atoms. The molecule has 0 N–H and O–H groups in total. The Labute approximate surface area is 203 Å². The molecule has 1 aliphatic rings. The first-order valence-electron chi connectivity index (χ1n) is 12.1. The maximum atomic E-state index is 9.77. The van der Waals surface area contributed by atoms with Crippen molar-refractivity contribution in [1.29, 1.82) is 5.26 Å². The van der Waals surface area contributed by atoms with Crippen LogP contribution in [0, 0.1) is 11.3 Å². The summed E-state index contributed by atoms with van der Waals surface area (Å²) in [6.07, 6.45) is 8.88. The van der Waals surface area contributed by atoms with Gasteiger partial charge in [0.1, 0.15) is 0 Å². The average molecular weight is 451 g/mol. The topological polar surface area (TPSA) is 35.2 Å². The summed E-state index contributed by atoms with van der Waals surface area (Å²) in [6.45, 7) is 8.44. The monoisotopic (exact) mass is 450 g/mol. The fourth-order valence-corrected chi connectivity index (χ4v) is 4.63. The Bertz CT molecular complexity index is 1290.